The summed E-state index contributed by atoms with van der Waals surface area (Å²) < 4.78 is 33.7. The Labute approximate surface area is 91.5 Å². The lowest BCUT2D eigenvalue weighted by atomic mass is 10.1. The Morgan fingerprint density at radius 3 is 2.57 bits per heavy atom. The van der Waals surface area contributed by atoms with Crippen LogP contribution in [0.1, 0.15) is 11.1 Å². The molecule has 14 heavy (non-hydrogen) atoms. The first-order chi connectivity index (χ1) is 6.38. The molecule has 0 unspecified atom stereocenters. The molecule has 0 heterocycles. The van der Waals surface area contributed by atoms with Gasteiger partial charge in [0.05, 0.1) is 5.75 Å². The van der Waals surface area contributed by atoms with E-state index in [-0.39, 0.29) is 6.42 Å². The van der Waals surface area contributed by atoms with E-state index in [1.54, 1.807) is 6.07 Å². The number of halogens is 2. The molecule has 1 aromatic carbocycles. The van der Waals surface area contributed by atoms with E-state index in [4.69, 9.17) is 0 Å². The van der Waals surface area contributed by atoms with Crippen molar-refractivity contribution in [2.24, 2.45) is 0 Å². The number of rotatable bonds is 3. The van der Waals surface area contributed by atoms with Gasteiger partial charge < -0.3 is 0 Å². The topological polar surface area (TPSA) is 34.1 Å². The van der Waals surface area contributed by atoms with E-state index < -0.39 is 16.0 Å². The van der Waals surface area contributed by atoms with Crippen LogP contribution in [0.25, 0.3) is 0 Å². The minimum absolute atomic E-state index is 0.194. The lowest BCUT2D eigenvalue weighted by Crippen LogP contribution is -2.02. The van der Waals surface area contributed by atoms with Gasteiger partial charge >= 0.3 is 10.2 Å². The molecule has 0 atom stereocenters. The van der Waals surface area contributed by atoms with Crippen LogP contribution in [0.2, 0.25) is 0 Å². The molecule has 1 rings (SSSR count). The molecule has 0 aliphatic rings. The second-order valence-electron chi connectivity index (χ2n) is 3.09. The fourth-order valence-electron chi connectivity index (χ4n) is 1.09. The van der Waals surface area contributed by atoms with Gasteiger partial charge in [-0.25, -0.2) is 0 Å². The van der Waals surface area contributed by atoms with Gasteiger partial charge in [0.25, 0.3) is 0 Å². The molecule has 0 radical (unpaired) electrons. The van der Waals surface area contributed by atoms with Crippen molar-refractivity contribution in [3.05, 3.63) is 33.8 Å². The highest BCUT2D eigenvalue weighted by Gasteiger charge is 2.09. The minimum atomic E-state index is -4.37. The quantitative estimate of drug-likeness (QED) is 0.798. The van der Waals surface area contributed by atoms with Gasteiger partial charge in [0.1, 0.15) is 0 Å². The smallest absolute Gasteiger partial charge is 0.195 e. The first-order valence-electron chi connectivity index (χ1n) is 4.06. The molecule has 0 bridgehead atoms. The fraction of sp³-hybridized carbons (Fsp3) is 0.333. The Kier molecular flexibility index (Phi) is 3.66. The Bertz CT molecular complexity index is 428. The number of aryl methyl sites for hydroxylation is 2. The van der Waals surface area contributed by atoms with E-state index >= 15 is 0 Å². The van der Waals surface area contributed by atoms with Crippen molar-refractivity contribution in [3.8, 4) is 0 Å². The third-order valence-electron chi connectivity index (χ3n) is 1.82. The van der Waals surface area contributed by atoms with Crippen LogP contribution in [0.5, 0.6) is 0 Å². The predicted octanol–water partition coefficient (Wildman–Crippen LogP) is 2.60. The van der Waals surface area contributed by atoms with Gasteiger partial charge in [-0.05, 0) is 30.5 Å². The highest BCUT2D eigenvalue weighted by molar-refractivity contribution is 9.10. The lowest BCUT2D eigenvalue weighted by Gasteiger charge is -2.03. The summed E-state index contributed by atoms with van der Waals surface area (Å²) in [5, 5.41) is 0. The zero-order chi connectivity index (χ0) is 10.8. The summed E-state index contributed by atoms with van der Waals surface area (Å²) in [6.45, 7) is 1.93. The zero-order valence-corrected chi connectivity index (χ0v) is 10.0. The maximum Gasteiger partial charge on any atom is 0.302 e. The standard InChI is InChI=1S/C9H10BrFO2S/c1-7-2-3-8(9(10)6-7)4-5-14(11,12)13/h2-3,6H,4-5H2,1H3. The highest BCUT2D eigenvalue weighted by Crippen LogP contribution is 2.19. The lowest BCUT2D eigenvalue weighted by molar-refractivity contribution is 0.551. The number of benzene rings is 1. The molecule has 0 amide bonds. The van der Waals surface area contributed by atoms with Crippen molar-refractivity contribution in [2.45, 2.75) is 13.3 Å². The van der Waals surface area contributed by atoms with Gasteiger partial charge in [0.2, 0.25) is 0 Å². The Balaban J connectivity index is 2.78. The average Bonchev–Trinajstić information content (AvgIpc) is 2.00. The van der Waals surface area contributed by atoms with Gasteiger partial charge in [-0.3, -0.25) is 0 Å². The van der Waals surface area contributed by atoms with Crippen molar-refractivity contribution in [2.75, 3.05) is 5.75 Å². The first-order valence-corrected chi connectivity index (χ1v) is 6.40. The minimum Gasteiger partial charge on any atom is -0.195 e. The van der Waals surface area contributed by atoms with Gasteiger partial charge in [0.15, 0.2) is 0 Å². The van der Waals surface area contributed by atoms with Crippen LogP contribution in [-0.4, -0.2) is 14.2 Å². The van der Waals surface area contributed by atoms with Gasteiger partial charge in [-0.2, -0.15) is 8.42 Å². The molecule has 0 aromatic heterocycles. The SMILES string of the molecule is Cc1ccc(CCS(=O)(=O)F)c(Br)c1. The molecule has 0 aliphatic heterocycles. The summed E-state index contributed by atoms with van der Waals surface area (Å²) in [4.78, 5) is 0. The summed E-state index contributed by atoms with van der Waals surface area (Å²) in [6, 6.07) is 5.54. The molecule has 0 N–H and O–H groups in total. The van der Waals surface area contributed by atoms with Crippen LogP contribution in [0.15, 0.2) is 22.7 Å². The average molecular weight is 281 g/mol. The van der Waals surface area contributed by atoms with E-state index in [0.29, 0.717) is 0 Å². The third kappa shape index (κ3) is 3.75. The van der Waals surface area contributed by atoms with E-state index in [9.17, 15) is 12.3 Å². The monoisotopic (exact) mass is 280 g/mol. The summed E-state index contributed by atoms with van der Waals surface area (Å²) in [7, 11) is -4.37. The Morgan fingerprint density at radius 2 is 2.07 bits per heavy atom. The van der Waals surface area contributed by atoms with E-state index in [2.05, 4.69) is 15.9 Å². The van der Waals surface area contributed by atoms with Crippen LogP contribution >= 0.6 is 15.9 Å². The molecule has 0 saturated carbocycles. The zero-order valence-electron chi connectivity index (χ0n) is 7.63. The molecular weight excluding hydrogens is 271 g/mol. The summed E-state index contributed by atoms with van der Waals surface area (Å²) in [5.41, 5.74) is 1.88. The second-order valence-corrected chi connectivity index (χ2v) is 5.43. The number of hydrogen-bond donors (Lipinski definition) is 0. The van der Waals surface area contributed by atoms with E-state index in [0.717, 1.165) is 15.6 Å². The molecule has 78 valence electrons. The fourth-order valence-corrected chi connectivity index (χ4v) is 2.24. The van der Waals surface area contributed by atoms with Crippen LogP contribution in [0, 0.1) is 6.92 Å². The summed E-state index contributed by atoms with van der Waals surface area (Å²) >= 11 is 3.30. The van der Waals surface area contributed by atoms with E-state index in [1.807, 2.05) is 19.1 Å². The molecule has 0 saturated heterocycles. The van der Waals surface area contributed by atoms with Crippen LogP contribution in [0.4, 0.5) is 3.89 Å². The predicted molar refractivity (Wildman–Crippen MR) is 57.5 cm³/mol. The van der Waals surface area contributed by atoms with Crippen LogP contribution in [-0.2, 0) is 16.6 Å². The molecule has 0 aliphatic carbocycles. The third-order valence-corrected chi connectivity index (χ3v) is 3.25. The maximum atomic E-state index is 12.2. The van der Waals surface area contributed by atoms with Gasteiger partial charge in [-0.1, -0.05) is 28.1 Å². The van der Waals surface area contributed by atoms with Crippen molar-refractivity contribution in [1.82, 2.24) is 0 Å². The van der Waals surface area contributed by atoms with E-state index in [1.165, 1.54) is 0 Å². The first kappa shape index (κ1) is 11.7. The summed E-state index contributed by atoms with van der Waals surface area (Å²) in [5.74, 6) is -0.464. The number of hydrogen-bond acceptors (Lipinski definition) is 2. The van der Waals surface area contributed by atoms with Crippen molar-refractivity contribution in [1.29, 1.82) is 0 Å². The highest BCUT2D eigenvalue weighted by atomic mass is 79.9. The van der Waals surface area contributed by atoms with Crippen molar-refractivity contribution in [3.63, 3.8) is 0 Å². The Hall–Kier alpha value is -0.420. The van der Waals surface area contributed by atoms with Crippen LogP contribution in [0.3, 0.4) is 0 Å². The molecular formula is C9H10BrFO2S. The molecule has 0 spiro atoms. The second kappa shape index (κ2) is 4.40. The molecule has 5 heteroatoms. The molecule has 2 nitrogen and oxygen atoms in total. The largest absolute Gasteiger partial charge is 0.302 e. The van der Waals surface area contributed by atoms with Crippen LogP contribution < -0.4 is 0 Å². The molecule has 1 aromatic rings. The van der Waals surface area contributed by atoms with Gasteiger partial charge in [0, 0.05) is 4.47 Å². The normalized spacial score (nSPS) is 11.6. The maximum absolute atomic E-state index is 12.2. The molecule has 0 fully saturated rings. The Morgan fingerprint density at radius 1 is 1.43 bits per heavy atom. The summed E-state index contributed by atoms with van der Waals surface area (Å²) in [6.07, 6.45) is 0.194. The van der Waals surface area contributed by atoms with Crippen molar-refractivity contribution >= 4 is 26.2 Å². The van der Waals surface area contributed by atoms with Crippen molar-refractivity contribution < 1.29 is 12.3 Å². The van der Waals surface area contributed by atoms with Gasteiger partial charge in [-0.15, -0.1) is 3.89 Å².